The Morgan fingerprint density at radius 1 is 1.06 bits per heavy atom. The standard InChI is InChI=1S/C27H33N5O3/c1-18-28-21-13-8-9-14-23(21)31(18)16-10-15-25(34)32-24(27(35)30(3)4)17-22(29-19(2)33)26(32)20-11-6-5-7-12-20/h5-9,11-14,22,24,26H,10,15-17H2,1-4H3,(H,29,33)/t22-,24-,26-/m0/s1. The summed E-state index contributed by atoms with van der Waals surface area (Å²) < 4.78 is 2.13. The fraction of sp³-hybridized carbons (Fsp3) is 0.407. The molecule has 2 aromatic carbocycles. The Balaban J connectivity index is 1.59. The number of likely N-dealkylation sites (N-methyl/N-ethyl adjacent to an activating group) is 1. The number of amides is 3. The molecule has 1 aliphatic rings. The van der Waals surface area contributed by atoms with Crippen LogP contribution in [-0.2, 0) is 20.9 Å². The molecule has 8 nitrogen and oxygen atoms in total. The van der Waals surface area contributed by atoms with E-state index >= 15 is 0 Å². The minimum atomic E-state index is -0.629. The van der Waals surface area contributed by atoms with Crippen LogP contribution in [0.25, 0.3) is 11.0 Å². The van der Waals surface area contributed by atoms with Gasteiger partial charge >= 0.3 is 0 Å². The summed E-state index contributed by atoms with van der Waals surface area (Å²) in [6, 6.07) is 16.2. The predicted octanol–water partition coefficient (Wildman–Crippen LogP) is 3.06. The highest BCUT2D eigenvalue weighted by molar-refractivity contribution is 5.89. The highest BCUT2D eigenvalue weighted by Gasteiger charge is 2.48. The van der Waals surface area contributed by atoms with Crippen LogP contribution in [0.5, 0.6) is 0 Å². The third kappa shape index (κ3) is 5.06. The molecule has 1 aliphatic heterocycles. The number of hydrogen-bond donors (Lipinski definition) is 1. The van der Waals surface area contributed by atoms with Gasteiger partial charge in [-0.25, -0.2) is 4.98 Å². The maximum Gasteiger partial charge on any atom is 0.244 e. The summed E-state index contributed by atoms with van der Waals surface area (Å²) in [5, 5.41) is 2.99. The number of carbonyl (C=O) groups is 3. The van der Waals surface area contributed by atoms with Crippen LogP contribution in [0.2, 0.25) is 0 Å². The lowest BCUT2D eigenvalue weighted by Gasteiger charge is -2.32. The topological polar surface area (TPSA) is 87.5 Å². The van der Waals surface area contributed by atoms with E-state index in [4.69, 9.17) is 0 Å². The number of carbonyl (C=O) groups excluding carboxylic acids is 3. The van der Waals surface area contributed by atoms with Gasteiger partial charge < -0.3 is 19.7 Å². The molecule has 1 saturated heterocycles. The number of imidazole rings is 1. The van der Waals surface area contributed by atoms with E-state index in [0.717, 1.165) is 22.4 Å². The summed E-state index contributed by atoms with van der Waals surface area (Å²) in [7, 11) is 3.39. The van der Waals surface area contributed by atoms with Crippen molar-refractivity contribution in [3.05, 3.63) is 66.0 Å². The molecule has 0 aliphatic carbocycles. The second-order valence-electron chi connectivity index (χ2n) is 9.35. The number of nitrogens with one attached hydrogen (secondary N) is 1. The van der Waals surface area contributed by atoms with E-state index in [1.807, 2.05) is 61.5 Å². The van der Waals surface area contributed by atoms with Crippen molar-refractivity contribution in [3.63, 3.8) is 0 Å². The van der Waals surface area contributed by atoms with Crippen LogP contribution in [-0.4, -0.2) is 63.3 Å². The van der Waals surface area contributed by atoms with E-state index < -0.39 is 12.1 Å². The SMILES string of the molecule is CC(=O)N[C@H]1C[C@@H](C(=O)N(C)C)N(C(=O)CCCn2c(C)nc3ccccc32)[C@H]1c1ccccc1. The molecule has 3 atom stereocenters. The van der Waals surface area contributed by atoms with Gasteiger partial charge in [0.1, 0.15) is 11.9 Å². The van der Waals surface area contributed by atoms with Gasteiger partial charge in [0.05, 0.1) is 23.1 Å². The van der Waals surface area contributed by atoms with Crippen LogP contribution in [0.3, 0.4) is 0 Å². The lowest BCUT2D eigenvalue weighted by atomic mass is 9.99. The molecule has 0 bridgehead atoms. The van der Waals surface area contributed by atoms with Crippen LogP contribution in [0.4, 0.5) is 0 Å². The number of rotatable bonds is 7. The first-order chi connectivity index (χ1) is 16.8. The Hall–Kier alpha value is -3.68. The molecule has 1 aromatic heterocycles. The molecular weight excluding hydrogens is 442 g/mol. The average Bonchev–Trinajstić information content (AvgIpc) is 3.36. The van der Waals surface area contributed by atoms with Gasteiger partial charge in [-0.3, -0.25) is 14.4 Å². The van der Waals surface area contributed by atoms with Gasteiger partial charge in [-0.1, -0.05) is 42.5 Å². The molecule has 0 spiro atoms. The Bertz CT molecular complexity index is 1220. The second-order valence-corrected chi connectivity index (χ2v) is 9.35. The monoisotopic (exact) mass is 475 g/mol. The molecule has 35 heavy (non-hydrogen) atoms. The maximum absolute atomic E-state index is 13.7. The number of aryl methyl sites for hydroxylation is 2. The number of para-hydroxylation sites is 2. The van der Waals surface area contributed by atoms with Gasteiger partial charge in [0.2, 0.25) is 17.7 Å². The molecule has 0 unspecified atom stereocenters. The molecule has 3 aromatic rings. The van der Waals surface area contributed by atoms with E-state index in [1.165, 1.54) is 11.8 Å². The van der Waals surface area contributed by atoms with Crippen molar-refractivity contribution in [2.45, 2.75) is 57.8 Å². The molecule has 4 rings (SSSR count). The first kappa shape index (κ1) is 24.4. The van der Waals surface area contributed by atoms with Crippen molar-refractivity contribution in [1.82, 2.24) is 24.7 Å². The summed E-state index contributed by atoms with van der Waals surface area (Å²) in [4.78, 5) is 46.6. The zero-order valence-electron chi connectivity index (χ0n) is 20.8. The number of fused-ring (bicyclic) bond motifs is 1. The van der Waals surface area contributed by atoms with Gasteiger partial charge in [0.15, 0.2) is 0 Å². The first-order valence-corrected chi connectivity index (χ1v) is 12.0. The average molecular weight is 476 g/mol. The minimum absolute atomic E-state index is 0.0889. The van der Waals surface area contributed by atoms with Crippen LogP contribution in [0, 0.1) is 6.92 Å². The summed E-state index contributed by atoms with van der Waals surface area (Å²) in [5.74, 6) is 0.509. The molecular formula is C27H33N5O3. The second kappa shape index (κ2) is 10.3. The van der Waals surface area contributed by atoms with Gasteiger partial charge in [0, 0.05) is 34.0 Å². The lowest BCUT2D eigenvalue weighted by Crippen LogP contribution is -2.46. The Labute approximate surface area is 205 Å². The zero-order valence-corrected chi connectivity index (χ0v) is 20.8. The van der Waals surface area contributed by atoms with Gasteiger partial charge in [-0.2, -0.15) is 0 Å². The Morgan fingerprint density at radius 2 is 1.74 bits per heavy atom. The molecule has 0 radical (unpaired) electrons. The quantitative estimate of drug-likeness (QED) is 0.569. The summed E-state index contributed by atoms with van der Waals surface area (Å²) in [5.41, 5.74) is 2.90. The number of nitrogens with zero attached hydrogens (tertiary/aromatic N) is 4. The van der Waals surface area contributed by atoms with E-state index in [9.17, 15) is 14.4 Å². The Kier molecular flexibility index (Phi) is 7.19. The zero-order chi connectivity index (χ0) is 25.1. The molecule has 1 fully saturated rings. The molecule has 184 valence electrons. The smallest absolute Gasteiger partial charge is 0.244 e. The van der Waals surface area contributed by atoms with Crippen LogP contribution in [0.15, 0.2) is 54.6 Å². The number of aromatic nitrogens is 2. The minimum Gasteiger partial charge on any atom is -0.351 e. The molecule has 2 heterocycles. The number of likely N-dealkylation sites (tertiary alicyclic amines) is 1. The third-order valence-corrected chi connectivity index (χ3v) is 6.66. The highest BCUT2D eigenvalue weighted by atomic mass is 16.2. The van der Waals surface area contributed by atoms with Crippen molar-refractivity contribution >= 4 is 28.8 Å². The number of hydrogen-bond acceptors (Lipinski definition) is 4. The molecule has 3 amide bonds. The van der Waals surface area contributed by atoms with Crippen molar-refractivity contribution in [3.8, 4) is 0 Å². The van der Waals surface area contributed by atoms with E-state index in [1.54, 1.807) is 19.0 Å². The largest absolute Gasteiger partial charge is 0.351 e. The fourth-order valence-corrected chi connectivity index (χ4v) is 5.16. The third-order valence-electron chi connectivity index (χ3n) is 6.66. The number of benzene rings is 2. The van der Waals surface area contributed by atoms with E-state index in [0.29, 0.717) is 25.8 Å². The summed E-state index contributed by atoms with van der Waals surface area (Å²) in [6.07, 6.45) is 1.29. The van der Waals surface area contributed by atoms with Crippen molar-refractivity contribution in [1.29, 1.82) is 0 Å². The highest BCUT2D eigenvalue weighted by Crippen LogP contribution is 2.38. The van der Waals surface area contributed by atoms with Crippen LogP contribution in [0.1, 0.15) is 43.6 Å². The van der Waals surface area contributed by atoms with Gasteiger partial charge in [0.25, 0.3) is 0 Å². The summed E-state index contributed by atoms with van der Waals surface area (Å²) >= 11 is 0. The normalized spacial score (nSPS) is 19.7. The lowest BCUT2D eigenvalue weighted by molar-refractivity contribution is -0.144. The van der Waals surface area contributed by atoms with E-state index in [-0.39, 0.29) is 23.8 Å². The first-order valence-electron chi connectivity index (χ1n) is 12.0. The molecule has 1 N–H and O–H groups in total. The van der Waals surface area contributed by atoms with Crippen molar-refractivity contribution < 1.29 is 14.4 Å². The van der Waals surface area contributed by atoms with Gasteiger partial charge in [-0.05, 0) is 37.5 Å². The van der Waals surface area contributed by atoms with Gasteiger partial charge in [-0.15, -0.1) is 0 Å². The molecule has 8 heteroatoms. The van der Waals surface area contributed by atoms with Crippen LogP contribution >= 0.6 is 0 Å². The molecule has 0 saturated carbocycles. The van der Waals surface area contributed by atoms with Crippen LogP contribution < -0.4 is 5.32 Å². The maximum atomic E-state index is 13.7. The Morgan fingerprint density at radius 3 is 2.43 bits per heavy atom. The van der Waals surface area contributed by atoms with Crippen molar-refractivity contribution in [2.24, 2.45) is 0 Å². The predicted molar refractivity (Wildman–Crippen MR) is 134 cm³/mol. The van der Waals surface area contributed by atoms with Crippen molar-refractivity contribution in [2.75, 3.05) is 14.1 Å². The fourth-order valence-electron chi connectivity index (χ4n) is 5.16. The van der Waals surface area contributed by atoms with E-state index in [2.05, 4.69) is 14.9 Å². The summed E-state index contributed by atoms with van der Waals surface area (Å²) in [6.45, 7) is 4.09.